The van der Waals surface area contributed by atoms with Crippen molar-refractivity contribution < 1.29 is 4.74 Å². The van der Waals surface area contributed by atoms with Crippen molar-refractivity contribution in [1.29, 1.82) is 0 Å². The number of hydrogen-bond donors (Lipinski definition) is 2. The van der Waals surface area contributed by atoms with Gasteiger partial charge in [0.15, 0.2) is 5.96 Å². The molecule has 19 heavy (non-hydrogen) atoms. The molecule has 0 atom stereocenters. The van der Waals surface area contributed by atoms with Crippen LogP contribution in [-0.4, -0.2) is 63.8 Å². The van der Waals surface area contributed by atoms with Gasteiger partial charge in [0.1, 0.15) is 0 Å². The van der Waals surface area contributed by atoms with Crippen molar-refractivity contribution in [2.24, 2.45) is 10.9 Å². The van der Waals surface area contributed by atoms with Gasteiger partial charge in [-0.3, -0.25) is 9.89 Å². The molecule has 0 aromatic heterocycles. The van der Waals surface area contributed by atoms with Crippen molar-refractivity contribution in [2.45, 2.75) is 32.7 Å². The van der Waals surface area contributed by atoms with Gasteiger partial charge in [-0.25, -0.2) is 0 Å². The Morgan fingerprint density at radius 2 is 2.05 bits per heavy atom. The lowest BCUT2D eigenvalue weighted by Crippen LogP contribution is -2.43. The summed E-state index contributed by atoms with van der Waals surface area (Å²) in [5.74, 6) is 1.53. The summed E-state index contributed by atoms with van der Waals surface area (Å²) in [5, 5.41) is 6.70. The van der Waals surface area contributed by atoms with Crippen LogP contribution in [0.5, 0.6) is 0 Å². The molecule has 1 fully saturated rings. The summed E-state index contributed by atoms with van der Waals surface area (Å²) in [6.07, 6.45) is 2.67. The minimum Gasteiger partial charge on any atom is -0.383 e. The van der Waals surface area contributed by atoms with Gasteiger partial charge >= 0.3 is 0 Å². The Hall–Kier alpha value is -0.810. The van der Waals surface area contributed by atoms with Crippen molar-refractivity contribution in [1.82, 2.24) is 15.5 Å². The van der Waals surface area contributed by atoms with E-state index in [1.54, 1.807) is 7.11 Å². The molecule has 112 valence electrons. The molecule has 5 heteroatoms. The lowest BCUT2D eigenvalue weighted by Gasteiger charge is -2.22. The van der Waals surface area contributed by atoms with Gasteiger partial charge < -0.3 is 15.4 Å². The zero-order valence-electron chi connectivity index (χ0n) is 12.9. The zero-order chi connectivity index (χ0) is 14.1. The number of nitrogens with zero attached hydrogens (tertiary/aromatic N) is 2. The molecule has 0 radical (unpaired) electrons. The first-order chi connectivity index (χ1) is 9.17. The minimum absolute atomic E-state index is 0.628. The van der Waals surface area contributed by atoms with E-state index >= 15 is 0 Å². The van der Waals surface area contributed by atoms with Gasteiger partial charge in [0.05, 0.1) is 6.61 Å². The van der Waals surface area contributed by atoms with E-state index in [4.69, 9.17) is 4.74 Å². The predicted molar refractivity (Wildman–Crippen MR) is 80.7 cm³/mol. The topological polar surface area (TPSA) is 48.9 Å². The summed E-state index contributed by atoms with van der Waals surface area (Å²) in [6, 6.07) is 0.780. The van der Waals surface area contributed by atoms with Crippen LogP contribution in [0.2, 0.25) is 0 Å². The van der Waals surface area contributed by atoms with Crippen LogP contribution < -0.4 is 10.6 Å². The van der Waals surface area contributed by atoms with Crippen molar-refractivity contribution in [2.75, 3.05) is 46.9 Å². The lowest BCUT2D eigenvalue weighted by molar-refractivity contribution is 0.144. The summed E-state index contributed by atoms with van der Waals surface area (Å²) in [5.41, 5.74) is 0. The van der Waals surface area contributed by atoms with Gasteiger partial charge in [0.25, 0.3) is 0 Å². The van der Waals surface area contributed by atoms with E-state index < -0.39 is 0 Å². The molecule has 0 spiro atoms. The second-order valence-electron chi connectivity index (χ2n) is 5.53. The first-order valence-electron chi connectivity index (χ1n) is 7.34. The minimum atomic E-state index is 0.628. The lowest BCUT2D eigenvalue weighted by atomic mass is 10.2. The van der Waals surface area contributed by atoms with Crippen LogP contribution in [0.25, 0.3) is 0 Å². The highest BCUT2D eigenvalue weighted by Crippen LogP contribution is 2.25. The summed E-state index contributed by atoms with van der Waals surface area (Å²) in [6.45, 7) is 9.17. The molecule has 0 saturated heterocycles. The average molecular weight is 270 g/mol. The van der Waals surface area contributed by atoms with E-state index in [9.17, 15) is 0 Å². The van der Waals surface area contributed by atoms with Gasteiger partial charge in [-0.05, 0) is 18.8 Å². The average Bonchev–Trinajstić information content (AvgIpc) is 3.21. The molecule has 1 aliphatic rings. The second-order valence-corrected chi connectivity index (χ2v) is 5.53. The normalized spacial score (nSPS) is 16.2. The number of guanidine groups is 1. The van der Waals surface area contributed by atoms with Gasteiger partial charge in [-0.1, -0.05) is 13.8 Å². The van der Waals surface area contributed by atoms with E-state index in [0.717, 1.165) is 44.8 Å². The Kier molecular flexibility index (Phi) is 7.82. The van der Waals surface area contributed by atoms with Crippen LogP contribution in [0.1, 0.15) is 26.7 Å². The molecule has 0 aromatic rings. The highest BCUT2D eigenvalue weighted by atomic mass is 16.5. The monoisotopic (exact) mass is 270 g/mol. The molecule has 0 unspecified atom stereocenters. The zero-order valence-corrected chi connectivity index (χ0v) is 12.9. The number of aliphatic imine (C=N–C) groups is 1. The SMILES string of the molecule is CN=C(NCCN(CCOC)C1CC1)NCC(C)C. The molecule has 1 aliphatic carbocycles. The van der Waals surface area contributed by atoms with E-state index in [1.165, 1.54) is 12.8 Å². The number of nitrogens with one attached hydrogen (secondary N) is 2. The maximum Gasteiger partial charge on any atom is 0.191 e. The van der Waals surface area contributed by atoms with E-state index in [0.29, 0.717) is 5.92 Å². The molecule has 0 bridgehead atoms. The molecule has 0 aromatic carbocycles. The van der Waals surface area contributed by atoms with Crippen LogP contribution in [-0.2, 0) is 4.74 Å². The third kappa shape index (κ3) is 7.38. The third-order valence-corrected chi connectivity index (χ3v) is 3.24. The van der Waals surface area contributed by atoms with Crippen LogP contribution in [0.4, 0.5) is 0 Å². The summed E-state index contributed by atoms with van der Waals surface area (Å²) >= 11 is 0. The quantitative estimate of drug-likeness (QED) is 0.483. The largest absolute Gasteiger partial charge is 0.383 e. The fourth-order valence-corrected chi connectivity index (χ4v) is 1.96. The molecular weight excluding hydrogens is 240 g/mol. The maximum atomic E-state index is 5.17. The van der Waals surface area contributed by atoms with Crippen LogP contribution in [0, 0.1) is 5.92 Å². The molecule has 0 amide bonds. The van der Waals surface area contributed by atoms with E-state index in [2.05, 4.69) is 34.4 Å². The first kappa shape index (κ1) is 16.2. The highest BCUT2D eigenvalue weighted by molar-refractivity contribution is 5.79. The molecule has 0 heterocycles. The summed E-state index contributed by atoms with van der Waals surface area (Å²) < 4.78 is 5.17. The Bertz CT molecular complexity index is 264. The molecule has 2 N–H and O–H groups in total. The van der Waals surface area contributed by atoms with Crippen molar-refractivity contribution in [3.05, 3.63) is 0 Å². The molecule has 1 rings (SSSR count). The van der Waals surface area contributed by atoms with Gasteiger partial charge in [-0.15, -0.1) is 0 Å². The fraction of sp³-hybridized carbons (Fsp3) is 0.929. The summed E-state index contributed by atoms with van der Waals surface area (Å²) in [4.78, 5) is 6.74. The molecule has 5 nitrogen and oxygen atoms in total. The second kappa shape index (κ2) is 9.15. The van der Waals surface area contributed by atoms with Crippen molar-refractivity contribution >= 4 is 5.96 Å². The predicted octanol–water partition coefficient (Wildman–Crippen LogP) is 0.918. The molecule has 1 saturated carbocycles. The summed E-state index contributed by atoms with van der Waals surface area (Å²) in [7, 11) is 3.58. The Morgan fingerprint density at radius 3 is 2.58 bits per heavy atom. The number of ether oxygens (including phenoxy) is 1. The number of hydrogen-bond acceptors (Lipinski definition) is 3. The Balaban J connectivity index is 2.18. The number of rotatable bonds is 9. The van der Waals surface area contributed by atoms with Crippen molar-refractivity contribution in [3.8, 4) is 0 Å². The Morgan fingerprint density at radius 1 is 1.32 bits per heavy atom. The molecule has 0 aliphatic heterocycles. The fourth-order valence-electron chi connectivity index (χ4n) is 1.96. The Labute approximate surface area is 117 Å². The van der Waals surface area contributed by atoms with Gasteiger partial charge in [-0.2, -0.15) is 0 Å². The smallest absolute Gasteiger partial charge is 0.191 e. The first-order valence-corrected chi connectivity index (χ1v) is 7.34. The van der Waals surface area contributed by atoms with Crippen molar-refractivity contribution in [3.63, 3.8) is 0 Å². The van der Waals surface area contributed by atoms with E-state index in [-0.39, 0.29) is 0 Å². The van der Waals surface area contributed by atoms with Crippen LogP contribution >= 0.6 is 0 Å². The van der Waals surface area contributed by atoms with Gasteiger partial charge in [0, 0.05) is 46.4 Å². The standard InChI is InChI=1S/C14H30N4O/c1-12(2)11-17-14(15-3)16-7-8-18(9-10-19-4)13-5-6-13/h12-13H,5-11H2,1-4H3,(H2,15,16,17). The third-order valence-electron chi connectivity index (χ3n) is 3.24. The van der Waals surface area contributed by atoms with E-state index in [1.807, 2.05) is 7.05 Å². The maximum absolute atomic E-state index is 5.17. The number of methoxy groups -OCH3 is 1. The van der Waals surface area contributed by atoms with Crippen LogP contribution in [0.3, 0.4) is 0 Å². The molecular formula is C14H30N4O. The van der Waals surface area contributed by atoms with Gasteiger partial charge in [0.2, 0.25) is 0 Å². The van der Waals surface area contributed by atoms with Crippen LogP contribution in [0.15, 0.2) is 4.99 Å². The highest BCUT2D eigenvalue weighted by Gasteiger charge is 2.28.